The maximum atomic E-state index is 13.4. The summed E-state index contributed by atoms with van der Waals surface area (Å²) in [4.78, 5) is 29.9. The lowest BCUT2D eigenvalue weighted by Gasteiger charge is -2.32. The lowest BCUT2D eigenvalue weighted by Crippen LogP contribution is -2.43. The number of nitrogens with zero attached hydrogens (tertiary/aromatic N) is 3. The van der Waals surface area contributed by atoms with Crippen molar-refractivity contribution in [2.45, 2.75) is 13.5 Å². The SMILES string of the molecule is Cc1cc(-c2cc(NC(=O)c3ccc(CN4CCN(C)CC4)cc3)n[nH]2)ccc1NC(=O)Nc1cccc(F)c1. The second-order valence-electron chi connectivity index (χ2n) is 10.0. The Labute approximate surface area is 232 Å². The van der Waals surface area contributed by atoms with Crippen molar-refractivity contribution in [1.82, 2.24) is 20.0 Å². The number of carbonyl (C=O) groups is 2. The zero-order valence-electron chi connectivity index (χ0n) is 22.5. The smallest absolute Gasteiger partial charge is 0.308 e. The van der Waals surface area contributed by atoms with Crippen LogP contribution in [0, 0.1) is 12.7 Å². The highest BCUT2D eigenvalue weighted by atomic mass is 19.1. The number of aromatic amines is 1. The fraction of sp³-hybridized carbons (Fsp3) is 0.233. The number of anilines is 3. The Kier molecular flexibility index (Phi) is 8.18. The maximum absolute atomic E-state index is 13.4. The molecule has 40 heavy (non-hydrogen) atoms. The summed E-state index contributed by atoms with van der Waals surface area (Å²) in [6.45, 7) is 6.98. The number of aryl methyl sites for hydroxylation is 1. The molecule has 0 spiro atoms. The molecule has 0 radical (unpaired) electrons. The van der Waals surface area contributed by atoms with Crippen molar-refractivity contribution in [3.8, 4) is 11.3 Å². The third kappa shape index (κ3) is 6.90. The Morgan fingerprint density at radius 1 is 0.925 bits per heavy atom. The first-order valence-corrected chi connectivity index (χ1v) is 13.1. The second kappa shape index (κ2) is 12.1. The number of piperazine rings is 1. The van der Waals surface area contributed by atoms with E-state index in [0.29, 0.717) is 22.8 Å². The van der Waals surface area contributed by atoms with Crippen molar-refractivity contribution in [2.24, 2.45) is 0 Å². The van der Waals surface area contributed by atoms with E-state index in [-0.39, 0.29) is 5.91 Å². The first-order chi connectivity index (χ1) is 19.3. The van der Waals surface area contributed by atoms with Gasteiger partial charge in [0.1, 0.15) is 5.82 Å². The predicted octanol–water partition coefficient (Wildman–Crippen LogP) is 5.17. The van der Waals surface area contributed by atoms with E-state index in [1.165, 1.54) is 23.8 Å². The van der Waals surface area contributed by atoms with Crippen LogP contribution in [0.5, 0.6) is 0 Å². The van der Waals surface area contributed by atoms with Crippen LogP contribution in [0.1, 0.15) is 21.5 Å². The van der Waals surface area contributed by atoms with Crippen LogP contribution in [0.4, 0.5) is 26.4 Å². The van der Waals surface area contributed by atoms with Gasteiger partial charge in [-0.05, 0) is 67.6 Å². The number of carbonyl (C=O) groups excluding carboxylic acids is 2. The molecule has 10 heteroatoms. The van der Waals surface area contributed by atoms with E-state index in [2.05, 4.69) is 43.0 Å². The van der Waals surface area contributed by atoms with Gasteiger partial charge in [-0.15, -0.1) is 0 Å². The van der Waals surface area contributed by atoms with Crippen LogP contribution < -0.4 is 16.0 Å². The molecule has 3 aromatic carbocycles. The van der Waals surface area contributed by atoms with Gasteiger partial charge < -0.3 is 20.9 Å². The predicted molar refractivity (Wildman–Crippen MR) is 155 cm³/mol. The van der Waals surface area contributed by atoms with Crippen molar-refractivity contribution in [1.29, 1.82) is 0 Å². The van der Waals surface area contributed by atoms with Crippen LogP contribution in [0.25, 0.3) is 11.3 Å². The molecule has 1 fully saturated rings. The lowest BCUT2D eigenvalue weighted by molar-refractivity contribution is 0.102. The van der Waals surface area contributed by atoms with E-state index in [0.717, 1.165) is 49.5 Å². The van der Waals surface area contributed by atoms with Crippen LogP contribution >= 0.6 is 0 Å². The van der Waals surface area contributed by atoms with E-state index in [4.69, 9.17) is 0 Å². The maximum Gasteiger partial charge on any atom is 0.323 e. The zero-order chi connectivity index (χ0) is 28.1. The normalized spacial score (nSPS) is 14.1. The minimum absolute atomic E-state index is 0.232. The molecular weight excluding hydrogens is 509 g/mol. The number of hydrogen-bond acceptors (Lipinski definition) is 5. The number of urea groups is 1. The second-order valence-corrected chi connectivity index (χ2v) is 10.0. The summed E-state index contributed by atoms with van der Waals surface area (Å²) in [6.07, 6.45) is 0. The summed E-state index contributed by atoms with van der Waals surface area (Å²) in [7, 11) is 2.14. The number of rotatable bonds is 7. The van der Waals surface area contributed by atoms with Crippen molar-refractivity contribution in [3.63, 3.8) is 0 Å². The Hall–Kier alpha value is -4.54. The van der Waals surface area contributed by atoms with Crippen LogP contribution in [-0.2, 0) is 6.54 Å². The highest BCUT2D eigenvalue weighted by Crippen LogP contribution is 2.25. The molecule has 4 aromatic rings. The van der Waals surface area contributed by atoms with E-state index < -0.39 is 11.8 Å². The highest BCUT2D eigenvalue weighted by molar-refractivity contribution is 6.04. The standard InChI is InChI=1S/C30H32FN7O2/c1-20-16-23(10-11-26(20)33-30(40)32-25-5-3-4-24(31)17-25)27-18-28(36-35-27)34-29(39)22-8-6-21(7-9-22)19-38-14-12-37(2)13-15-38/h3-11,16-18H,12-15,19H2,1-2H3,(H2,32,33,40)(H2,34,35,36,39). The average Bonchev–Trinajstić information content (AvgIpc) is 3.40. The van der Waals surface area contributed by atoms with Gasteiger partial charge in [-0.25, -0.2) is 9.18 Å². The lowest BCUT2D eigenvalue weighted by atomic mass is 10.1. The number of hydrogen-bond donors (Lipinski definition) is 4. The van der Waals surface area contributed by atoms with Gasteiger partial charge in [-0.3, -0.25) is 14.8 Å². The molecule has 0 aliphatic carbocycles. The summed E-state index contributed by atoms with van der Waals surface area (Å²) in [6, 6.07) is 20.2. The van der Waals surface area contributed by atoms with Crippen molar-refractivity contribution in [3.05, 3.63) is 95.3 Å². The Bertz CT molecular complexity index is 1490. The van der Waals surface area contributed by atoms with E-state index in [1.807, 2.05) is 43.3 Å². The zero-order valence-corrected chi connectivity index (χ0v) is 22.5. The highest BCUT2D eigenvalue weighted by Gasteiger charge is 2.15. The number of H-pyrrole nitrogens is 1. The molecule has 1 saturated heterocycles. The van der Waals surface area contributed by atoms with Crippen LogP contribution in [0.2, 0.25) is 0 Å². The molecule has 2 heterocycles. The Morgan fingerprint density at radius 3 is 2.42 bits per heavy atom. The van der Waals surface area contributed by atoms with Crippen LogP contribution in [0.3, 0.4) is 0 Å². The number of amides is 3. The quantitative estimate of drug-likeness (QED) is 0.258. The van der Waals surface area contributed by atoms with Crippen molar-refractivity contribution < 1.29 is 14.0 Å². The molecule has 1 aliphatic heterocycles. The molecule has 1 aromatic heterocycles. The van der Waals surface area contributed by atoms with Crippen molar-refractivity contribution in [2.75, 3.05) is 49.2 Å². The van der Waals surface area contributed by atoms with Gasteiger partial charge in [0.25, 0.3) is 5.91 Å². The van der Waals surface area contributed by atoms with Crippen molar-refractivity contribution >= 4 is 29.1 Å². The Morgan fingerprint density at radius 2 is 1.70 bits per heavy atom. The van der Waals surface area contributed by atoms with Gasteiger partial charge in [-0.2, -0.15) is 5.10 Å². The summed E-state index contributed by atoms with van der Waals surface area (Å²) < 4.78 is 13.4. The first kappa shape index (κ1) is 27.0. The largest absolute Gasteiger partial charge is 0.323 e. The average molecular weight is 542 g/mol. The molecule has 5 rings (SSSR count). The fourth-order valence-corrected chi connectivity index (χ4v) is 4.57. The summed E-state index contributed by atoms with van der Waals surface area (Å²) in [5, 5.41) is 15.4. The monoisotopic (exact) mass is 541 g/mol. The number of aromatic nitrogens is 2. The van der Waals surface area contributed by atoms with E-state index >= 15 is 0 Å². The van der Waals surface area contributed by atoms with Gasteiger partial charge >= 0.3 is 6.03 Å². The topological polar surface area (TPSA) is 105 Å². The molecule has 9 nitrogen and oxygen atoms in total. The van der Waals surface area contributed by atoms with Crippen LogP contribution in [0.15, 0.2) is 72.8 Å². The van der Waals surface area contributed by atoms with Gasteiger partial charge in [0.2, 0.25) is 0 Å². The molecule has 206 valence electrons. The molecule has 0 unspecified atom stereocenters. The molecule has 0 atom stereocenters. The van der Waals surface area contributed by atoms with Crippen LogP contribution in [-0.4, -0.2) is 65.2 Å². The Balaban J connectivity index is 1.16. The molecule has 0 saturated carbocycles. The van der Waals surface area contributed by atoms with Gasteiger partial charge in [0, 0.05) is 61.3 Å². The minimum Gasteiger partial charge on any atom is -0.308 e. The van der Waals surface area contributed by atoms with Gasteiger partial charge in [0.15, 0.2) is 5.82 Å². The number of nitrogens with one attached hydrogen (secondary N) is 4. The van der Waals surface area contributed by atoms with Gasteiger partial charge in [-0.1, -0.05) is 24.3 Å². The minimum atomic E-state index is -0.472. The van der Waals surface area contributed by atoms with Gasteiger partial charge in [0.05, 0.1) is 5.69 Å². The summed E-state index contributed by atoms with van der Waals surface area (Å²) >= 11 is 0. The molecule has 0 bridgehead atoms. The number of benzene rings is 3. The number of halogens is 1. The van der Waals surface area contributed by atoms with E-state index in [1.54, 1.807) is 18.2 Å². The fourth-order valence-electron chi connectivity index (χ4n) is 4.57. The summed E-state index contributed by atoms with van der Waals surface area (Å²) in [5.41, 5.74) is 5.11. The third-order valence-corrected chi connectivity index (χ3v) is 6.91. The molecule has 3 amide bonds. The molecular formula is C30H32FN7O2. The van der Waals surface area contributed by atoms with E-state index in [9.17, 15) is 14.0 Å². The number of likely N-dealkylation sites (N-methyl/N-ethyl adjacent to an activating group) is 1. The molecule has 4 N–H and O–H groups in total. The first-order valence-electron chi connectivity index (χ1n) is 13.1. The molecule has 1 aliphatic rings. The third-order valence-electron chi connectivity index (χ3n) is 6.91. The summed E-state index contributed by atoms with van der Waals surface area (Å²) in [5.74, 6) is -0.247.